The molecule has 0 radical (unpaired) electrons. The Balaban J connectivity index is 2.07. The van der Waals surface area contributed by atoms with Gasteiger partial charge in [0, 0.05) is 45.8 Å². The van der Waals surface area contributed by atoms with Crippen molar-refractivity contribution in [2.45, 2.75) is 13.3 Å². The standard InChI is InChI=1S/C15H23N3O3S/c1-13-5-7-14(8-6-13)15(19)17-9-4-10-18(12-11-17)22(20,21)16(2)3/h5-8H,4,9-12H2,1-3H3. The smallest absolute Gasteiger partial charge is 0.281 e. The number of aryl methyl sites for hydroxylation is 1. The van der Waals surface area contributed by atoms with Crippen molar-refractivity contribution < 1.29 is 13.2 Å². The van der Waals surface area contributed by atoms with E-state index in [1.165, 1.54) is 22.7 Å². The molecule has 122 valence electrons. The predicted octanol–water partition coefficient (Wildman–Crippen LogP) is 0.949. The van der Waals surface area contributed by atoms with Gasteiger partial charge in [-0.25, -0.2) is 0 Å². The van der Waals surface area contributed by atoms with Crippen LogP contribution in [0.1, 0.15) is 22.3 Å². The van der Waals surface area contributed by atoms with Gasteiger partial charge >= 0.3 is 0 Å². The zero-order valence-electron chi connectivity index (χ0n) is 13.3. The highest BCUT2D eigenvalue weighted by molar-refractivity contribution is 7.86. The number of nitrogens with zero attached hydrogens (tertiary/aromatic N) is 3. The van der Waals surface area contributed by atoms with E-state index in [4.69, 9.17) is 0 Å². The largest absolute Gasteiger partial charge is 0.337 e. The molecule has 0 atom stereocenters. The minimum Gasteiger partial charge on any atom is -0.337 e. The molecule has 1 aliphatic heterocycles. The first kappa shape index (κ1) is 16.9. The van der Waals surface area contributed by atoms with Gasteiger partial charge in [0.15, 0.2) is 0 Å². The lowest BCUT2D eigenvalue weighted by Gasteiger charge is -2.24. The van der Waals surface area contributed by atoms with Crippen LogP contribution in [0, 0.1) is 6.92 Å². The van der Waals surface area contributed by atoms with Crippen LogP contribution in [0.5, 0.6) is 0 Å². The van der Waals surface area contributed by atoms with Crippen molar-refractivity contribution in [1.82, 2.24) is 13.5 Å². The molecule has 0 N–H and O–H groups in total. The molecule has 0 unspecified atom stereocenters. The van der Waals surface area contributed by atoms with Crippen LogP contribution in [0.25, 0.3) is 0 Å². The lowest BCUT2D eigenvalue weighted by molar-refractivity contribution is 0.0764. The van der Waals surface area contributed by atoms with Gasteiger partial charge in [0.2, 0.25) is 0 Å². The Kier molecular flexibility index (Phi) is 5.20. The molecule has 6 nitrogen and oxygen atoms in total. The zero-order valence-corrected chi connectivity index (χ0v) is 14.1. The lowest BCUT2D eigenvalue weighted by Crippen LogP contribution is -2.42. The van der Waals surface area contributed by atoms with E-state index < -0.39 is 10.2 Å². The Hall–Kier alpha value is -1.44. The fourth-order valence-electron chi connectivity index (χ4n) is 2.44. The maximum Gasteiger partial charge on any atom is 0.281 e. The number of hydrogen-bond donors (Lipinski definition) is 0. The highest BCUT2D eigenvalue weighted by atomic mass is 32.2. The van der Waals surface area contributed by atoms with E-state index in [0.29, 0.717) is 38.2 Å². The van der Waals surface area contributed by atoms with Crippen molar-refractivity contribution in [2.24, 2.45) is 0 Å². The van der Waals surface area contributed by atoms with Crippen LogP contribution in [-0.2, 0) is 10.2 Å². The normalized spacial score (nSPS) is 17.5. The van der Waals surface area contributed by atoms with Gasteiger partial charge in [-0.3, -0.25) is 4.79 Å². The molecule has 0 saturated carbocycles. The van der Waals surface area contributed by atoms with Gasteiger partial charge < -0.3 is 4.90 Å². The maximum absolute atomic E-state index is 12.5. The summed E-state index contributed by atoms with van der Waals surface area (Å²) in [5.74, 6) is -0.0379. The summed E-state index contributed by atoms with van der Waals surface area (Å²) in [4.78, 5) is 14.2. The number of carbonyl (C=O) groups excluding carboxylic acids is 1. The van der Waals surface area contributed by atoms with Crippen LogP contribution in [-0.4, -0.2) is 68.1 Å². The van der Waals surface area contributed by atoms with Gasteiger partial charge in [0.25, 0.3) is 16.1 Å². The molecule has 0 aromatic heterocycles. The molecule has 7 heteroatoms. The Morgan fingerprint density at radius 2 is 1.68 bits per heavy atom. The van der Waals surface area contributed by atoms with Crippen LogP contribution in [0.15, 0.2) is 24.3 Å². The van der Waals surface area contributed by atoms with Crippen LogP contribution < -0.4 is 0 Å². The fourth-order valence-corrected chi connectivity index (χ4v) is 3.57. The monoisotopic (exact) mass is 325 g/mol. The third kappa shape index (κ3) is 3.66. The van der Waals surface area contributed by atoms with Crippen LogP contribution >= 0.6 is 0 Å². The number of benzene rings is 1. The van der Waals surface area contributed by atoms with E-state index in [1.807, 2.05) is 31.2 Å². The quantitative estimate of drug-likeness (QED) is 0.831. The second kappa shape index (κ2) is 6.76. The first-order valence-electron chi connectivity index (χ1n) is 7.36. The Morgan fingerprint density at radius 1 is 1.05 bits per heavy atom. The number of carbonyl (C=O) groups is 1. The van der Waals surface area contributed by atoms with Crippen molar-refractivity contribution in [3.05, 3.63) is 35.4 Å². The molecule has 0 spiro atoms. The summed E-state index contributed by atoms with van der Waals surface area (Å²) in [6, 6.07) is 7.45. The Labute approximate surface area is 132 Å². The number of rotatable bonds is 3. The van der Waals surface area contributed by atoms with Crippen molar-refractivity contribution in [2.75, 3.05) is 40.3 Å². The lowest BCUT2D eigenvalue weighted by atomic mass is 10.1. The van der Waals surface area contributed by atoms with Crippen molar-refractivity contribution in [3.63, 3.8) is 0 Å². The molecule has 1 saturated heterocycles. The second-order valence-electron chi connectivity index (χ2n) is 5.70. The molecular weight excluding hydrogens is 302 g/mol. The van der Waals surface area contributed by atoms with Gasteiger partial charge in [-0.1, -0.05) is 17.7 Å². The summed E-state index contributed by atoms with van der Waals surface area (Å²) in [5, 5.41) is 0. The summed E-state index contributed by atoms with van der Waals surface area (Å²) in [5.41, 5.74) is 1.75. The zero-order chi connectivity index (χ0) is 16.3. The molecule has 1 aliphatic rings. The van der Waals surface area contributed by atoms with E-state index in [9.17, 15) is 13.2 Å². The molecule has 1 amide bonds. The van der Waals surface area contributed by atoms with E-state index >= 15 is 0 Å². The van der Waals surface area contributed by atoms with Crippen LogP contribution in [0.4, 0.5) is 0 Å². The first-order chi connectivity index (χ1) is 10.3. The molecule has 1 heterocycles. The third-order valence-corrected chi connectivity index (χ3v) is 5.77. The minimum absolute atomic E-state index is 0.0379. The molecule has 0 bridgehead atoms. The van der Waals surface area contributed by atoms with Crippen LogP contribution in [0.3, 0.4) is 0 Å². The molecule has 1 fully saturated rings. The highest BCUT2D eigenvalue weighted by Crippen LogP contribution is 2.13. The minimum atomic E-state index is -3.41. The van der Waals surface area contributed by atoms with Gasteiger partial charge in [0.1, 0.15) is 0 Å². The molecule has 2 rings (SSSR count). The molecular formula is C15H23N3O3S. The van der Waals surface area contributed by atoms with Gasteiger partial charge in [-0.15, -0.1) is 0 Å². The summed E-state index contributed by atoms with van der Waals surface area (Å²) in [7, 11) is -0.367. The topological polar surface area (TPSA) is 60.9 Å². The molecule has 0 aliphatic carbocycles. The summed E-state index contributed by atoms with van der Waals surface area (Å²) < 4.78 is 27.0. The summed E-state index contributed by atoms with van der Waals surface area (Å²) >= 11 is 0. The summed E-state index contributed by atoms with van der Waals surface area (Å²) in [6.07, 6.45) is 0.644. The highest BCUT2D eigenvalue weighted by Gasteiger charge is 2.28. The van der Waals surface area contributed by atoms with Gasteiger partial charge in [-0.05, 0) is 25.5 Å². The average molecular weight is 325 g/mol. The maximum atomic E-state index is 12.5. The molecule has 1 aromatic carbocycles. The number of hydrogen-bond acceptors (Lipinski definition) is 3. The average Bonchev–Trinajstić information content (AvgIpc) is 2.73. The third-order valence-electron chi connectivity index (χ3n) is 3.83. The van der Waals surface area contributed by atoms with E-state index in [1.54, 1.807) is 4.90 Å². The van der Waals surface area contributed by atoms with E-state index in [-0.39, 0.29) is 5.91 Å². The predicted molar refractivity (Wildman–Crippen MR) is 85.9 cm³/mol. The Bertz CT molecular complexity index is 626. The van der Waals surface area contributed by atoms with Crippen molar-refractivity contribution in [3.8, 4) is 0 Å². The molecule has 1 aromatic rings. The first-order valence-corrected chi connectivity index (χ1v) is 8.75. The number of amides is 1. The second-order valence-corrected chi connectivity index (χ2v) is 7.84. The van der Waals surface area contributed by atoms with E-state index in [0.717, 1.165) is 5.56 Å². The van der Waals surface area contributed by atoms with Crippen LogP contribution in [0.2, 0.25) is 0 Å². The fraction of sp³-hybridized carbons (Fsp3) is 0.533. The van der Waals surface area contributed by atoms with Crippen molar-refractivity contribution >= 4 is 16.1 Å². The van der Waals surface area contributed by atoms with Gasteiger partial charge in [0.05, 0.1) is 0 Å². The van der Waals surface area contributed by atoms with Gasteiger partial charge in [-0.2, -0.15) is 17.0 Å². The molecule has 22 heavy (non-hydrogen) atoms. The SMILES string of the molecule is Cc1ccc(C(=O)N2CCCN(S(=O)(=O)N(C)C)CC2)cc1. The van der Waals surface area contributed by atoms with Crippen molar-refractivity contribution in [1.29, 1.82) is 0 Å². The summed E-state index contributed by atoms with van der Waals surface area (Å²) in [6.45, 7) is 3.74. The Morgan fingerprint density at radius 3 is 2.27 bits per heavy atom. The van der Waals surface area contributed by atoms with E-state index in [2.05, 4.69) is 0 Å².